The highest BCUT2D eigenvalue weighted by atomic mass is 35.5. The lowest BCUT2D eigenvalue weighted by atomic mass is 9.81. The Morgan fingerprint density at radius 1 is 0.786 bits per heavy atom. The number of primary amides is 1. The molecule has 0 fully saturated rings. The Balaban J connectivity index is 2.28. The van der Waals surface area contributed by atoms with E-state index in [9.17, 15) is 34.9 Å². The van der Waals surface area contributed by atoms with Crippen LogP contribution in [0, 0.1) is 20.2 Å². The van der Waals surface area contributed by atoms with Crippen LogP contribution in [-0.4, -0.2) is 26.8 Å². The van der Waals surface area contributed by atoms with E-state index >= 15 is 0 Å². The number of para-hydroxylation sites is 1. The molecule has 0 saturated heterocycles. The van der Waals surface area contributed by atoms with Crippen molar-refractivity contribution in [2.24, 2.45) is 5.73 Å². The molecule has 3 N–H and O–H groups in total. The highest BCUT2D eigenvalue weighted by Crippen LogP contribution is 2.49. The highest BCUT2D eigenvalue weighted by molar-refractivity contribution is 6.31. The van der Waals surface area contributed by atoms with Gasteiger partial charge in [-0.15, -0.1) is 0 Å². The molecular weight excluding hydrogens is 587 g/mol. The van der Waals surface area contributed by atoms with E-state index in [1.54, 1.807) is 30.3 Å². The number of nitro groups is 2. The van der Waals surface area contributed by atoms with Gasteiger partial charge in [0.05, 0.1) is 15.4 Å². The Labute approximate surface area is 249 Å². The van der Waals surface area contributed by atoms with Gasteiger partial charge >= 0.3 is 17.2 Å². The average Bonchev–Trinajstić information content (AvgIpc) is 2.94. The zero-order valence-corrected chi connectivity index (χ0v) is 23.2. The second-order valence-corrected chi connectivity index (χ2v) is 10.3. The normalized spacial score (nSPS) is 13.9. The van der Waals surface area contributed by atoms with Gasteiger partial charge in [-0.3, -0.25) is 29.5 Å². The topological polar surface area (TPSA) is 167 Å². The number of carbonyl (C=O) groups is 2. The number of quaternary nitrogens is 1. The van der Waals surface area contributed by atoms with Gasteiger partial charge in [0.15, 0.2) is 0 Å². The summed E-state index contributed by atoms with van der Waals surface area (Å²) in [5.74, 6) is -3.10. The fourth-order valence-corrected chi connectivity index (χ4v) is 5.65. The molecule has 0 radical (unpaired) electrons. The number of carbonyl (C=O) groups excluding carboxylic acids is 1. The number of carboxylic acid groups (broad SMARTS) is 1. The van der Waals surface area contributed by atoms with E-state index in [0.717, 1.165) is 6.07 Å². The third kappa shape index (κ3) is 5.28. The molecule has 13 heteroatoms. The van der Waals surface area contributed by atoms with E-state index in [0.29, 0.717) is 5.56 Å². The van der Waals surface area contributed by atoms with Crippen molar-refractivity contribution in [2.75, 3.05) is 0 Å². The van der Waals surface area contributed by atoms with Crippen molar-refractivity contribution in [1.29, 1.82) is 0 Å². The van der Waals surface area contributed by atoms with Crippen LogP contribution in [0.15, 0.2) is 97.1 Å². The second-order valence-electron chi connectivity index (χ2n) is 9.43. The van der Waals surface area contributed by atoms with Gasteiger partial charge in [0, 0.05) is 39.4 Å². The molecule has 2 unspecified atom stereocenters. The number of benzene rings is 4. The van der Waals surface area contributed by atoms with Gasteiger partial charge in [0.2, 0.25) is 5.69 Å². The highest BCUT2D eigenvalue weighted by Gasteiger charge is 2.66. The van der Waals surface area contributed by atoms with Crippen LogP contribution < -0.4 is 10.2 Å². The first-order valence-corrected chi connectivity index (χ1v) is 13.1. The van der Waals surface area contributed by atoms with E-state index in [1.807, 2.05) is 0 Å². The largest absolute Gasteiger partial charge is 0.476 e. The molecule has 42 heavy (non-hydrogen) atoms. The molecule has 0 spiro atoms. The fourth-order valence-electron chi connectivity index (χ4n) is 5.36. The number of hydrogen-bond donors (Lipinski definition) is 2. The number of carboxylic acids is 1. The maximum Gasteiger partial charge on any atom is 0.381 e. The van der Waals surface area contributed by atoms with Crippen LogP contribution >= 0.6 is 23.2 Å². The summed E-state index contributed by atoms with van der Waals surface area (Å²) in [5, 5.41) is 35.8. The monoisotopic (exact) mass is 609 g/mol. The molecule has 4 rings (SSSR count). The summed E-state index contributed by atoms with van der Waals surface area (Å²) >= 11 is 12.3. The summed E-state index contributed by atoms with van der Waals surface area (Å²) in [5.41, 5.74) is 2.31. The van der Waals surface area contributed by atoms with E-state index in [4.69, 9.17) is 28.9 Å². The Hall–Kier alpha value is -4.84. The molecule has 1 amide bonds. The summed E-state index contributed by atoms with van der Waals surface area (Å²) in [4.78, 5) is 50.6. The maximum absolute atomic E-state index is 13.8. The third-order valence-corrected chi connectivity index (χ3v) is 7.58. The number of nitrogens with two attached hydrogens (primary N) is 1. The van der Waals surface area contributed by atoms with Gasteiger partial charge in [-0.25, -0.2) is 4.79 Å². The van der Waals surface area contributed by atoms with E-state index < -0.39 is 44.0 Å². The van der Waals surface area contributed by atoms with Crippen LogP contribution in [0.5, 0.6) is 0 Å². The number of hydrogen-bond acceptors (Lipinski definition) is 6. The van der Waals surface area contributed by atoms with Crippen LogP contribution in [0.4, 0.5) is 17.1 Å². The van der Waals surface area contributed by atoms with Crippen LogP contribution in [-0.2, 0) is 28.2 Å². The van der Waals surface area contributed by atoms with Crippen molar-refractivity contribution in [1.82, 2.24) is 4.48 Å². The van der Waals surface area contributed by atoms with E-state index in [2.05, 4.69) is 0 Å². The van der Waals surface area contributed by atoms with Crippen molar-refractivity contribution < 1.29 is 24.5 Å². The molecule has 214 valence electrons. The minimum atomic E-state index is -2.78. The molecule has 0 bridgehead atoms. The quantitative estimate of drug-likeness (QED) is 0.0911. The molecule has 0 aromatic heterocycles. The molecule has 0 saturated carbocycles. The molecule has 0 aliphatic rings. The first-order valence-electron chi connectivity index (χ1n) is 12.3. The number of halogens is 2. The van der Waals surface area contributed by atoms with Crippen molar-refractivity contribution in [3.63, 3.8) is 0 Å². The van der Waals surface area contributed by atoms with Crippen LogP contribution in [0.2, 0.25) is 10.0 Å². The average molecular weight is 610 g/mol. The number of aliphatic carboxylic acids is 1. The third-order valence-electron chi connectivity index (χ3n) is 7.09. The van der Waals surface area contributed by atoms with Gasteiger partial charge in [-0.05, 0) is 24.3 Å². The number of amides is 1. The molecule has 4 aromatic carbocycles. The van der Waals surface area contributed by atoms with Crippen LogP contribution in [0.1, 0.15) is 16.7 Å². The minimum Gasteiger partial charge on any atom is -0.476 e. The van der Waals surface area contributed by atoms with Gasteiger partial charge in [-0.1, -0.05) is 77.8 Å². The lowest BCUT2D eigenvalue weighted by Crippen LogP contribution is -2.71. The zero-order valence-electron chi connectivity index (χ0n) is 21.7. The molecule has 0 heterocycles. The lowest BCUT2D eigenvalue weighted by molar-refractivity contribution is -0.386. The van der Waals surface area contributed by atoms with Crippen molar-refractivity contribution in [3.8, 4) is 0 Å². The van der Waals surface area contributed by atoms with E-state index in [1.165, 1.54) is 60.7 Å². The SMILES string of the molecule is NC(=O)C(C(=O)O)(c1ccc(Cl)cc1)[N+](Cc1ccccc1)(Cc1ccccc1[N+](=O)[O-])c1ccc(Cl)cc1[N+](=O)[O-]. The van der Waals surface area contributed by atoms with Gasteiger partial charge < -0.3 is 10.8 Å². The van der Waals surface area contributed by atoms with Crippen LogP contribution in [0.25, 0.3) is 0 Å². The van der Waals surface area contributed by atoms with Crippen molar-refractivity contribution in [2.45, 2.75) is 18.6 Å². The smallest absolute Gasteiger partial charge is 0.381 e. The number of nitro benzene ring substituents is 2. The first-order chi connectivity index (χ1) is 19.9. The molecule has 2 atom stereocenters. The molecule has 4 aromatic rings. The van der Waals surface area contributed by atoms with Gasteiger partial charge in [-0.2, -0.15) is 0 Å². The summed E-state index contributed by atoms with van der Waals surface area (Å²) in [6.07, 6.45) is 0. The Kier molecular flexibility index (Phi) is 8.57. The summed E-state index contributed by atoms with van der Waals surface area (Å²) in [7, 11) is 0. The van der Waals surface area contributed by atoms with Gasteiger partial charge in [0.1, 0.15) is 13.1 Å². The molecule has 0 aliphatic carbocycles. The zero-order chi connectivity index (χ0) is 30.7. The Morgan fingerprint density at radius 2 is 1.36 bits per heavy atom. The predicted molar refractivity (Wildman–Crippen MR) is 157 cm³/mol. The lowest BCUT2D eigenvalue weighted by Gasteiger charge is -2.48. The Bertz CT molecular complexity index is 1670. The first kappa shape index (κ1) is 30.1. The predicted octanol–water partition coefficient (Wildman–Crippen LogP) is 5.98. The number of rotatable bonds is 11. The minimum absolute atomic E-state index is 0.00326. The summed E-state index contributed by atoms with van der Waals surface area (Å²) in [6.45, 7) is -0.945. The van der Waals surface area contributed by atoms with Crippen molar-refractivity contribution in [3.05, 3.63) is 144 Å². The van der Waals surface area contributed by atoms with Gasteiger partial charge in [0.25, 0.3) is 11.6 Å². The molecule has 11 nitrogen and oxygen atoms in total. The summed E-state index contributed by atoms with van der Waals surface area (Å²) in [6, 6.07) is 22.8. The molecular formula is C29H23Cl2N4O7+. The number of nitrogens with zero attached hydrogens (tertiary/aromatic N) is 3. The maximum atomic E-state index is 13.8. The summed E-state index contributed by atoms with van der Waals surface area (Å²) < 4.78 is -1.08. The van der Waals surface area contributed by atoms with E-state index in [-0.39, 0.29) is 39.1 Å². The fraction of sp³-hybridized carbons (Fsp3) is 0.103. The van der Waals surface area contributed by atoms with Crippen LogP contribution in [0.3, 0.4) is 0 Å². The molecule has 0 aliphatic heterocycles. The van der Waals surface area contributed by atoms with Crippen molar-refractivity contribution >= 4 is 52.1 Å². The Morgan fingerprint density at radius 3 is 1.93 bits per heavy atom. The second kappa shape index (κ2) is 12.0. The standard InChI is InChI=1S/C29H22Cl2N4O7/c30-22-12-10-21(11-13-22)29(27(32)36,28(37)38)35(17-19-6-2-1-3-7-19,18-20-8-4-5-9-24(20)33(39)40)26-15-14-23(31)16-25(26)34(41)42/h1-16H,17-18H2,(H2-,32,36,37,38)/p+1.